The molecule has 1 saturated carbocycles. The van der Waals surface area contributed by atoms with Crippen molar-refractivity contribution in [3.63, 3.8) is 0 Å². The zero-order chi connectivity index (χ0) is 14.2. The Morgan fingerprint density at radius 1 is 1.50 bits per heavy atom. The van der Waals surface area contributed by atoms with Crippen LogP contribution in [-0.4, -0.2) is 34.1 Å². The molecule has 0 amide bonds. The van der Waals surface area contributed by atoms with Crippen LogP contribution < -0.4 is 0 Å². The Kier molecular flexibility index (Phi) is 3.36. The number of rotatable bonds is 6. The highest BCUT2D eigenvalue weighted by Crippen LogP contribution is 2.33. The molecule has 1 aliphatic rings. The molecular weight excluding hydrogens is 282 g/mol. The lowest BCUT2D eigenvalue weighted by molar-refractivity contribution is 0.277. The molecule has 108 valence electrons. The minimum absolute atomic E-state index is 0.0139. The van der Waals surface area contributed by atoms with E-state index in [4.69, 9.17) is 4.42 Å². The minimum Gasteiger partial charge on any atom is -0.468 e. The summed E-state index contributed by atoms with van der Waals surface area (Å²) in [4.78, 5) is 0. The number of aromatic amines is 1. The number of aromatic nitrogens is 2. The monoisotopic (exact) mass is 297 g/mol. The van der Waals surface area contributed by atoms with Gasteiger partial charge < -0.3 is 9.52 Å². The van der Waals surface area contributed by atoms with Crippen LogP contribution in [0.3, 0.4) is 0 Å². The Morgan fingerprint density at radius 2 is 2.30 bits per heavy atom. The Balaban J connectivity index is 1.94. The van der Waals surface area contributed by atoms with Gasteiger partial charge in [-0.3, -0.25) is 5.10 Å². The van der Waals surface area contributed by atoms with Gasteiger partial charge in [0.15, 0.2) is 5.03 Å². The zero-order valence-corrected chi connectivity index (χ0v) is 11.5. The maximum atomic E-state index is 12.7. The number of nitrogens with one attached hydrogen (secondary N) is 1. The summed E-state index contributed by atoms with van der Waals surface area (Å²) < 4.78 is 32.0. The van der Waals surface area contributed by atoms with E-state index < -0.39 is 10.0 Å². The van der Waals surface area contributed by atoms with Gasteiger partial charge in [-0.25, -0.2) is 8.42 Å². The first-order valence-electron chi connectivity index (χ1n) is 6.30. The zero-order valence-electron chi connectivity index (χ0n) is 10.7. The molecule has 2 N–H and O–H groups in total. The van der Waals surface area contributed by atoms with E-state index in [1.54, 1.807) is 12.1 Å². The number of nitrogens with zero attached hydrogens (tertiary/aromatic N) is 2. The summed E-state index contributed by atoms with van der Waals surface area (Å²) >= 11 is 0. The van der Waals surface area contributed by atoms with E-state index >= 15 is 0 Å². The van der Waals surface area contributed by atoms with Crippen LogP contribution in [0.4, 0.5) is 0 Å². The largest absolute Gasteiger partial charge is 0.468 e. The first kappa shape index (κ1) is 13.3. The van der Waals surface area contributed by atoms with Gasteiger partial charge in [-0.2, -0.15) is 9.40 Å². The van der Waals surface area contributed by atoms with Crippen molar-refractivity contribution in [2.45, 2.75) is 37.1 Å². The van der Waals surface area contributed by atoms with Gasteiger partial charge in [0.1, 0.15) is 5.76 Å². The quantitative estimate of drug-likeness (QED) is 0.823. The van der Waals surface area contributed by atoms with Gasteiger partial charge in [-0.15, -0.1) is 0 Å². The first-order valence-corrected chi connectivity index (χ1v) is 7.74. The maximum Gasteiger partial charge on any atom is 0.261 e. The highest BCUT2D eigenvalue weighted by atomic mass is 32.2. The van der Waals surface area contributed by atoms with Gasteiger partial charge in [0.25, 0.3) is 10.0 Å². The summed E-state index contributed by atoms with van der Waals surface area (Å²) in [6.07, 6.45) is 4.51. The molecule has 3 rings (SSSR count). The smallest absolute Gasteiger partial charge is 0.261 e. The molecule has 0 bridgehead atoms. The summed E-state index contributed by atoms with van der Waals surface area (Å²) in [6.45, 7) is -0.186. The Labute approximate surface area is 116 Å². The number of hydrogen-bond acceptors (Lipinski definition) is 5. The van der Waals surface area contributed by atoms with Crippen molar-refractivity contribution in [3.8, 4) is 0 Å². The average molecular weight is 297 g/mol. The molecule has 0 spiro atoms. The van der Waals surface area contributed by atoms with E-state index in [-0.39, 0.29) is 29.8 Å². The van der Waals surface area contributed by atoms with Crippen molar-refractivity contribution in [1.82, 2.24) is 14.5 Å². The van der Waals surface area contributed by atoms with E-state index in [1.807, 2.05) is 0 Å². The van der Waals surface area contributed by atoms with Crippen LogP contribution in [0.1, 0.15) is 24.2 Å². The molecule has 0 radical (unpaired) electrons. The lowest BCUT2D eigenvalue weighted by Gasteiger charge is -2.20. The molecule has 8 heteroatoms. The predicted octanol–water partition coefficient (Wildman–Crippen LogP) is 0.848. The van der Waals surface area contributed by atoms with Crippen molar-refractivity contribution >= 4 is 10.0 Å². The first-order chi connectivity index (χ1) is 9.63. The molecular formula is C12H15N3O4S. The third kappa shape index (κ3) is 2.37. The average Bonchev–Trinajstić information content (AvgIpc) is 2.95. The van der Waals surface area contributed by atoms with E-state index in [0.717, 1.165) is 12.8 Å². The molecule has 20 heavy (non-hydrogen) atoms. The number of aliphatic hydroxyl groups excluding tert-OH is 1. The van der Waals surface area contributed by atoms with E-state index in [2.05, 4.69) is 10.2 Å². The third-order valence-corrected chi connectivity index (χ3v) is 5.18. The Hall–Kier alpha value is -1.64. The molecule has 2 aromatic rings. The van der Waals surface area contributed by atoms with Crippen LogP contribution >= 0.6 is 0 Å². The standard InChI is InChI=1S/C12H15N3O4S/c16-8-9-6-13-14-12(9)20(17,18)15(10-3-4-10)7-11-2-1-5-19-11/h1-2,5-6,10,16H,3-4,7-8H2,(H,13,14). The molecule has 0 saturated heterocycles. The predicted molar refractivity (Wildman–Crippen MR) is 69.0 cm³/mol. The van der Waals surface area contributed by atoms with Gasteiger partial charge in [0.2, 0.25) is 0 Å². The second kappa shape index (κ2) is 5.04. The molecule has 7 nitrogen and oxygen atoms in total. The van der Waals surface area contributed by atoms with Gasteiger partial charge in [-0.05, 0) is 25.0 Å². The number of aliphatic hydroxyl groups is 1. The van der Waals surface area contributed by atoms with Crippen LogP contribution in [0.2, 0.25) is 0 Å². The second-order valence-electron chi connectivity index (χ2n) is 4.74. The molecule has 2 heterocycles. The highest BCUT2D eigenvalue weighted by Gasteiger charge is 2.40. The molecule has 0 aromatic carbocycles. The number of sulfonamides is 1. The van der Waals surface area contributed by atoms with Crippen molar-refractivity contribution in [1.29, 1.82) is 0 Å². The second-order valence-corrected chi connectivity index (χ2v) is 6.57. The fraction of sp³-hybridized carbons (Fsp3) is 0.417. The van der Waals surface area contributed by atoms with Gasteiger partial charge in [0, 0.05) is 11.6 Å². The summed E-state index contributed by atoms with van der Waals surface area (Å²) in [7, 11) is -3.72. The lowest BCUT2D eigenvalue weighted by Crippen LogP contribution is -2.33. The van der Waals surface area contributed by atoms with Gasteiger partial charge in [0.05, 0.1) is 25.6 Å². The van der Waals surface area contributed by atoms with Crippen molar-refractivity contribution < 1.29 is 17.9 Å². The summed E-state index contributed by atoms with van der Waals surface area (Å²) in [5.41, 5.74) is 0.273. The van der Waals surface area contributed by atoms with Crippen LogP contribution in [0, 0.1) is 0 Å². The lowest BCUT2D eigenvalue weighted by atomic mass is 10.4. The van der Waals surface area contributed by atoms with Crippen LogP contribution in [0.25, 0.3) is 0 Å². The molecule has 0 atom stereocenters. The van der Waals surface area contributed by atoms with Gasteiger partial charge >= 0.3 is 0 Å². The molecule has 0 aliphatic heterocycles. The fourth-order valence-electron chi connectivity index (χ4n) is 2.08. The van der Waals surface area contributed by atoms with Gasteiger partial charge in [-0.1, -0.05) is 0 Å². The van der Waals surface area contributed by atoms with Crippen molar-refractivity contribution in [3.05, 3.63) is 35.9 Å². The van der Waals surface area contributed by atoms with Crippen LogP contribution in [-0.2, 0) is 23.2 Å². The summed E-state index contributed by atoms with van der Waals surface area (Å²) in [5, 5.41) is 15.3. The Bertz CT molecular complexity index is 673. The normalized spacial score (nSPS) is 15.9. The van der Waals surface area contributed by atoms with Crippen molar-refractivity contribution in [2.75, 3.05) is 0 Å². The highest BCUT2D eigenvalue weighted by molar-refractivity contribution is 7.89. The van der Waals surface area contributed by atoms with Crippen LogP contribution in [0.15, 0.2) is 34.0 Å². The van der Waals surface area contributed by atoms with E-state index in [1.165, 1.54) is 16.8 Å². The fourth-order valence-corrected chi connectivity index (χ4v) is 3.83. The van der Waals surface area contributed by atoms with E-state index in [0.29, 0.717) is 5.76 Å². The SMILES string of the molecule is O=S(=O)(c1[nH]ncc1CO)N(Cc1ccco1)C1CC1. The molecule has 2 aromatic heterocycles. The number of hydrogen-bond donors (Lipinski definition) is 2. The van der Waals surface area contributed by atoms with E-state index in [9.17, 15) is 13.5 Å². The summed E-state index contributed by atoms with van der Waals surface area (Å²) in [5.74, 6) is 0.588. The van der Waals surface area contributed by atoms with Crippen LogP contribution in [0.5, 0.6) is 0 Å². The van der Waals surface area contributed by atoms with Crippen molar-refractivity contribution in [2.24, 2.45) is 0 Å². The molecule has 1 aliphatic carbocycles. The maximum absolute atomic E-state index is 12.7. The number of furan rings is 1. The molecule has 0 unspecified atom stereocenters. The topological polar surface area (TPSA) is 99.4 Å². The summed E-state index contributed by atoms with van der Waals surface area (Å²) in [6, 6.07) is 3.45. The number of H-pyrrole nitrogens is 1. The Morgan fingerprint density at radius 3 is 2.90 bits per heavy atom. The third-order valence-electron chi connectivity index (χ3n) is 3.26. The minimum atomic E-state index is -3.72. The molecule has 1 fully saturated rings.